The maximum absolute atomic E-state index is 11.9. The van der Waals surface area contributed by atoms with Crippen molar-refractivity contribution in [3.8, 4) is 0 Å². The van der Waals surface area contributed by atoms with Crippen LogP contribution in [0.15, 0.2) is 0 Å². The number of carboxylic acid groups (broad SMARTS) is 1. The summed E-state index contributed by atoms with van der Waals surface area (Å²) in [6.07, 6.45) is 0.326. The lowest BCUT2D eigenvalue weighted by molar-refractivity contribution is -0.137. The van der Waals surface area contributed by atoms with Crippen LogP contribution in [0.25, 0.3) is 0 Å². The number of carbonyl (C=O) groups is 4. The van der Waals surface area contributed by atoms with Gasteiger partial charge in [-0.05, 0) is 19.9 Å². The van der Waals surface area contributed by atoms with Crippen molar-refractivity contribution < 1.29 is 24.3 Å². The van der Waals surface area contributed by atoms with Crippen molar-refractivity contribution in [3.63, 3.8) is 0 Å². The van der Waals surface area contributed by atoms with Gasteiger partial charge in [0.1, 0.15) is 0 Å². The average Bonchev–Trinajstić information content (AvgIpc) is 2.47. The van der Waals surface area contributed by atoms with Crippen molar-refractivity contribution >= 4 is 23.6 Å². The molecular weight excluding hydrogens is 290 g/mol. The number of aliphatic carboxylic acids is 1. The molecule has 0 fully saturated rings. The fraction of sp³-hybridized carbons (Fsp3) is 0.714. The van der Waals surface area contributed by atoms with E-state index in [4.69, 9.17) is 5.11 Å². The Balaban J connectivity index is 4.28. The molecule has 0 bridgehead atoms. The summed E-state index contributed by atoms with van der Waals surface area (Å²) >= 11 is 0. The number of ketones is 1. The van der Waals surface area contributed by atoms with Crippen molar-refractivity contribution in [1.82, 2.24) is 16.0 Å². The maximum Gasteiger partial charge on any atom is 0.303 e. The summed E-state index contributed by atoms with van der Waals surface area (Å²) in [4.78, 5) is 45.5. The van der Waals surface area contributed by atoms with E-state index in [9.17, 15) is 19.2 Å². The summed E-state index contributed by atoms with van der Waals surface area (Å²) in [5, 5.41) is 16.4. The van der Waals surface area contributed by atoms with Crippen molar-refractivity contribution in [3.05, 3.63) is 0 Å². The molecule has 8 heteroatoms. The first-order valence-electron chi connectivity index (χ1n) is 7.36. The van der Waals surface area contributed by atoms with E-state index in [0.29, 0.717) is 13.0 Å². The van der Waals surface area contributed by atoms with Crippen molar-refractivity contribution in [1.29, 1.82) is 0 Å². The van der Waals surface area contributed by atoms with Gasteiger partial charge < -0.3 is 21.1 Å². The molecule has 0 aromatic heterocycles. The third-order valence-electron chi connectivity index (χ3n) is 3.05. The van der Waals surface area contributed by atoms with Crippen LogP contribution in [0.4, 0.5) is 0 Å². The molecule has 2 atom stereocenters. The highest BCUT2D eigenvalue weighted by Gasteiger charge is 2.20. The molecular formula is C14H25N3O5. The molecule has 4 N–H and O–H groups in total. The number of amides is 2. The van der Waals surface area contributed by atoms with Gasteiger partial charge >= 0.3 is 5.97 Å². The van der Waals surface area contributed by atoms with Gasteiger partial charge in [-0.25, -0.2) is 0 Å². The molecule has 0 rings (SSSR count). The lowest BCUT2D eigenvalue weighted by Crippen LogP contribution is -2.49. The second kappa shape index (κ2) is 10.7. The number of Topliss-reactive ketones (excluding diaryl/α,β-unsaturated/α-hetero) is 1. The van der Waals surface area contributed by atoms with Crippen LogP contribution in [0.1, 0.15) is 40.0 Å². The van der Waals surface area contributed by atoms with Gasteiger partial charge in [0.2, 0.25) is 11.8 Å². The number of hydrogen-bond donors (Lipinski definition) is 4. The zero-order valence-corrected chi connectivity index (χ0v) is 13.3. The number of hydrogen-bond acceptors (Lipinski definition) is 5. The van der Waals surface area contributed by atoms with Crippen LogP contribution in [0.5, 0.6) is 0 Å². The highest BCUT2D eigenvalue weighted by Crippen LogP contribution is 1.98. The van der Waals surface area contributed by atoms with Gasteiger partial charge in [-0.1, -0.05) is 13.8 Å². The lowest BCUT2D eigenvalue weighted by Gasteiger charge is -2.17. The predicted octanol–water partition coefficient (Wildman–Crippen LogP) is -0.571. The second-order valence-corrected chi connectivity index (χ2v) is 4.87. The van der Waals surface area contributed by atoms with Gasteiger partial charge in [0.15, 0.2) is 5.78 Å². The Morgan fingerprint density at radius 1 is 1.14 bits per heavy atom. The fourth-order valence-corrected chi connectivity index (χ4v) is 1.81. The largest absolute Gasteiger partial charge is 0.481 e. The lowest BCUT2D eigenvalue weighted by atomic mass is 10.1. The van der Waals surface area contributed by atoms with Crippen molar-refractivity contribution in [2.45, 2.75) is 52.1 Å². The molecule has 0 heterocycles. The van der Waals surface area contributed by atoms with E-state index in [0.717, 1.165) is 0 Å². The summed E-state index contributed by atoms with van der Waals surface area (Å²) in [6, 6.07) is -1.26. The van der Waals surface area contributed by atoms with E-state index < -0.39 is 29.9 Å². The summed E-state index contributed by atoms with van der Waals surface area (Å²) in [6.45, 7) is 5.34. The zero-order valence-electron chi connectivity index (χ0n) is 13.3. The molecule has 0 aromatic rings. The van der Waals surface area contributed by atoms with E-state index >= 15 is 0 Å². The maximum atomic E-state index is 11.9. The molecule has 2 amide bonds. The third kappa shape index (κ3) is 8.35. The SMILES string of the molecule is CCN[C@@H](CCC(=O)O)C(=O)NCC(=O)N[C@@H](C)C(=O)CC. The topological polar surface area (TPSA) is 125 Å². The monoisotopic (exact) mass is 315 g/mol. The Bertz CT molecular complexity index is 411. The molecule has 0 aromatic carbocycles. The summed E-state index contributed by atoms with van der Waals surface area (Å²) in [5.41, 5.74) is 0. The van der Waals surface area contributed by atoms with E-state index in [-0.39, 0.29) is 25.2 Å². The summed E-state index contributed by atoms with van der Waals surface area (Å²) in [7, 11) is 0. The van der Waals surface area contributed by atoms with Crippen LogP contribution in [0.2, 0.25) is 0 Å². The average molecular weight is 315 g/mol. The zero-order chi connectivity index (χ0) is 17.1. The Kier molecular flexibility index (Phi) is 9.77. The minimum Gasteiger partial charge on any atom is -0.481 e. The number of carbonyl (C=O) groups excluding carboxylic acids is 3. The quantitative estimate of drug-likeness (QED) is 0.405. The molecule has 0 radical (unpaired) electrons. The Hall–Kier alpha value is -1.96. The van der Waals surface area contributed by atoms with Gasteiger partial charge in [-0.3, -0.25) is 19.2 Å². The van der Waals surface area contributed by atoms with Gasteiger partial charge in [0.25, 0.3) is 0 Å². The first-order valence-corrected chi connectivity index (χ1v) is 7.36. The Morgan fingerprint density at radius 2 is 1.77 bits per heavy atom. The fourth-order valence-electron chi connectivity index (χ4n) is 1.81. The van der Waals surface area contributed by atoms with Crippen molar-refractivity contribution in [2.75, 3.05) is 13.1 Å². The number of likely N-dealkylation sites (N-methyl/N-ethyl adjacent to an activating group) is 1. The Morgan fingerprint density at radius 3 is 2.27 bits per heavy atom. The summed E-state index contributed by atoms with van der Waals surface area (Å²) in [5.74, 6) is -1.98. The Labute approximate surface area is 130 Å². The molecule has 8 nitrogen and oxygen atoms in total. The molecule has 0 aliphatic heterocycles. The minimum absolute atomic E-state index is 0.0911. The second-order valence-electron chi connectivity index (χ2n) is 4.87. The smallest absolute Gasteiger partial charge is 0.303 e. The molecule has 0 aliphatic carbocycles. The molecule has 0 saturated heterocycles. The van der Waals surface area contributed by atoms with Crippen LogP contribution in [-0.2, 0) is 19.2 Å². The van der Waals surface area contributed by atoms with Gasteiger partial charge in [-0.15, -0.1) is 0 Å². The highest BCUT2D eigenvalue weighted by molar-refractivity contribution is 5.91. The number of carboxylic acids is 1. The van der Waals surface area contributed by atoms with Crippen molar-refractivity contribution in [2.24, 2.45) is 0 Å². The normalized spacial score (nSPS) is 13.0. The van der Waals surface area contributed by atoms with Crippen LogP contribution in [0, 0.1) is 0 Å². The molecule has 126 valence electrons. The highest BCUT2D eigenvalue weighted by atomic mass is 16.4. The predicted molar refractivity (Wildman–Crippen MR) is 80.2 cm³/mol. The third-order valence-corrected chi connectivity index (χ3v) is 3.05. The first-order chi connectivity index (χ1) is 10.3. The van der Waals surface area contributed by atoms with E-state index in [1.165, 1.54) is 0 Å². The molecule has 22 heavy (non-hydrogen) atoms. The first kappa shape index (κ1) is 20.0. The summed E-state index contributed by atoms with van der Waals surface area (Å²) < 4.78 is 0. The van der Waals surface area contributed by atoms with E-state index in [1.807, 2.05) is 0 Å². The van der Waals surface area contributed by atoms with Crippen LogP contribution in [-0.4, -0.2) is 53.8 Å². The van der Waals surface area contributed by atoms with E-state index in [2.05, 4.69) is 16.0 Å². The molecule has 0 spiro atoms. The van der Waals surface area contributed by atoms with E-state index in [1.54, 1.807) is 20.8 Å². The standard InChI is InChI=1S/C14H25N3O5/c1-4-11(18)9(3)17-12(19)8-16-14(22)10(15-5-2)6-7-13(20)21/h9-10,15H,4-8H2,1-3H3,(H,16,22)(H,17,19)(H,20,21)/t9-,10-/m0/s1. The number of rotatable bonds is 11. The van der Waals surface area contributed by atoms with Crippen LogP contribution >= 0.6 is 0 Å². The molecule has 0 saturated carbocycles. The molecule has 0 unspecified atom stereocenters. The van der Waals surface area contributed by atoms with Gasteiger partial charge in [0, 0.05) is 12.8 Å². The van der Waals surface area contributed by atoms with Gasteiger partial charge in [0.05, 0.1) is 18.6 Å². The number of nitrogens with one attached hydrogen (secondary N) is 3. The molecule has 0 aliphatic rings. The van der Waals surface area contributed by atoms with Gasteiger partial charge in [-0.2, -0.15) is 0 Å². The minimum atomic E-state index is -0.986. The van der Waals surface area contributed by atoms with Crippen LogP contribution < -0.4 is 16.0 Å². The van der Waals surface area contributed by atoms with Crippen LogP contribution in [0.3, 0.4) is 0 Å².